The zero-order chi connectivity index (χ0) is 24.1. The Labute approximate surface area is 223 Å². The molecule has 4 rings (SSSR count). The third-order valence-electron chi connectivity index (χ3n) is 4.49. The minimum atomic E-state index is -4.02. The summed E-state index contributed by atoms with van der Waals surface area (Å²) in [6.45, 7) is 4.43. The smallest absolute Gasteiger partial charge is 0.767 e. The molecule has 178 valence electrons. The second-order valence-corrected chi connectivity index (χ2v) is 8.87. The third-order valence-corrected chi connectivity index (χ3v) is 4.96. The van der Waals surface area contributed by atoms with Gasteiger partial charge in [0.25, 0.3) is 5.91 Å². The summed E-state index contributed by atoms with van der Waals surface area (Å²) < 4.78 is 28.7. The molecule has 0 saturated heterocycles. The number of amides is 1. The number of carbonyl (C=O) groups is 1. The quantitative estimate of drug-likeness (QED) is 0.167. The van der Waals surface area contributed by atoms with Gasteiger partial charge in [-0.05, 0) is 31.2 Å². The van der Waals surface area contributed by atoms with E-state index in [9.17, 15) is 14.3 Å². The molecule has 0 aliphatic heterocycles. The van der Waals surface area contributed by atoms with E-state index in [0.29, 0.717) is 48.2 Å². The first kappa shape index (κ1) is 26.9. The Hall–Kier alpha value is -2.73. The number of hydrogen-bond donors (Lipinski definition) is 1. The van der Waals surface area contributed by atoms with Gasteiger partial charge < -0.3 is 24.0 Å². The molecule has 0 spiro atoms. The summed E-state index contributed by atoms with van der Waals surface area (Å²) >= 11 is 0. The SMILES string of the molecule is CCOCCn1cc(NC(=O)c2ccc(-c3cnn(OP(C)(=O)[O-])c3)o2)c(-c2ccccn2)n1.[Na+]. The third kappa shape index (κ3) is 7.14. The predicted octanol–water partition coefficient (Wildman–Crippen LogP) is -0.694. The Morgan fingerprint density at radius 3 is 2.80 bits per heavy atom. The minimum Gasteiger partial charge on any atom is -0.767 e. The van der Waals surface area contributed by atoms with Gasteiger partial charge in [-0.25, -0.2) is 0 Å². The zero-order valence-corrected chi connectivity index (χ0v) is 22.3. The van der Waals surface area contributed by atoms with Gasteiger partial charge in [0.05, 0.1) is 42.5 Å². The van der Waals surface area contributed by atoms with E-state index in [1.165, 1.54) is 18.5 Å². The molecule has 0 bridgehead atoms. The van der Waals surface area contributed by atoms with Crippen LogP contribution in [0.3, 0.4) is 0 Å². The van der Waals surface area contributed by atoms with E-state index in [1.807, 2.05) is 13.0 Å². The van der Waals surface area contributed by atoms with Crippen LogP contribution in [0, 0.1) is 0 Å². The van der Waals surface area contributed by atoms with Crippen LogP contribution in [0.4, 0.5) is 5.69 Å². The number of anilines is 1. The molecule has 1 N–H and O–H groups in total. The molecule has 12 nitrogen and oxygen atoms in total. The van der Waals surface area contributed by atoms with Crippen molar-refractivity contribution in [3.63, 3.8) is 0 Å². The Kier molecular flexibility index (Phi) is 9.06. The summed E-state index contributed by atoms with van der Waals surface area (Å²) in [7, 11) is -4.02. The van der Waals surface area contributed by atoms with Crippen LogP contribution in [-0.4, -0.2) is 50.5 Å². The first-order valence-corrected chi connectivity index (χ1v) is 12.3. The number of hydrogen-bond acceptors (Lipinski definition) is 9. The van der Waals surface area contributed by atoms with Crippen LogP contribution in [0.25, 0.3) is 22.7 Å². The fourth-order valence-electron chi connectivity index (χ4n) is 3.05. The molecule has 0 saturated carbocycles. The minimum absolute atomic E-state index is 0. The van der Waals surface area contributed by atoms with Crippen LogP contribution in [0.5, 0.6) is 0 Å². The van der Waals surface area contributed by atoms with Gasteiger partial charge in [-0.1, -0.05) is 6.07 Å². The molecule has 4 heterocycles. The number of ether oxygens (including phenoxy) is 1. The first-order chi connectivity index (χ1) is 16.3. The average Bonchev–Trinajstić information content (AvgIpc) is 3.53. The largest absolute Gasteiger partial charge is 1.00 e. The van der Waals surface area contributed by atoms with Crippen molar-refractivity contribution >= 4 is 19.2 Å². The van der Waals surface area contributed by atoms with Crippen molar-refractivity contribution in [1.82, 2.24) is 24.7 Å². The van der Waals surface area contributed by atoms with E-state index in [-0.39, 0.29) is 35.3 Å². The second kappa shape index (κ2) is 11.8. The summed E-state index contributed by atoms with van der Waals surface area (Å²) in [4.78, 5) is 29.3. The Morgan fingerprint density at radius 1 is 1.26 bits per heavy atom. The molecule has 0 aliphatic rings. The standard InChI is InChI=1S/C21H23N6O6P.Na/c1-3-31-11-10-26-14-17(20(25-26)16-6-4-5-9-22-16)24-21(28)19-8-7-18(32-19)15-12-23-27(13-15)33-34(2,29)30;/h4-9,12-14H,3,10-11H2,1-2H3,(H,24,28)(H,29,30);/q;+1/p-1. The van der Waals surface area contributed by atoms with E-state index in [1.54, 1.807) is 35.3 Å². The number of nitrogens with zero attached hydrogens (tertiary/aromatic N) is 5. The molecule has 0 fully saturated rings. The number of carbonyl (C=O) groups excluding carboxylic acids is 1. The number of nitrogens with one attached hydrogen (secondary N) is 1. The van der Waals surface area contributed by atoms with Crippen LogP contribution < -0.4 is 44.4 Å². The maximum atomic E-state index is 12.9. The maximum absolute atomic E-state index is 12.9. The van der Waals surface area contributed by atoms with E-state index in [0.717, 1.165) is 11.5 Å². The van der Waals surface area contributed by atoms with Crippen molar-refractivity contribution in [3.05, 3.63) is 60.9 Å². The van der Waals surface area contributed by atoms with E-state index in [4.69, 9.17) is 13.8 Å². The van der Waals surface area contributed by atoms with Gasteiger partial charge >= 0.3 is 29.6 Å². The predicted molar refractivity (Wildman–Crippen MR) is 120 cm³/mol. The maximum Gasteiger partial charge on any atom is 1.00 e. The summed E-state index contributed by atoms with van der Waals surface area (Å²) in [6, 6.07) is 8.50. The van der Waals surface area contributed by atoms with Gasteiger partial charge in [0.2, 0.25) is 7.60 Å². The van der Waals surface area contributed by atoms with Gasteiger partial charge in [-0.15, -0.1) is 9.94 Å². The molecule has 1 amide bonds. The zero-order valence-electron chi connectivity index (χ0n) is 19.5. The molecule has 14 heteroatoms. The van der Waals surface area contributed by atoms with Crippen LogP contribution >= 0.6 is 7.60 Å². The Balaban J connectivity index is 0.00000342. The van der Waals surface area contributed by atoms with E-state index in [2.05, 4.69) is 20.5 Å². The number of furan rings is 1. The molecule has 0 aromatic carbocycles. The molecule has 35 heavy (non-hydrogen) atoms. The number of pyridine rings is 1. The van der Waals surface area contributed by atoms with Crippen LogP contribution in [0.15, 0.2) is 59.5 Å². The normalized spacial score (nSPS) is 12.5. The molecule has 0 radical (unpaired) electrons. The van der Waals surface area contributed by atoms with E-state index >= 15 is 0 Å². The van der Waals surface area contributed by atoms with Crippen molar-refractivity contribution in [3.8, 4) is 22.7 Å². The molecular formula is C21H22N6NaO6P. The van der Waals surface area contributed by atoms with Crippen molar-refractivity contribution in [2.24, 2.45) is 0 Å². The number of aromatic nitrogens is 5. The first-order valence-electron chi connectivity index (χ1n) is 10.3. The fraction of sp³-hybridized carbons (Fsp3) is 0.238. The molecule has 4 aromatic rings. The van der Waals surface area contributed by atoms with Crippen molar-refractivity contribution in [1.29, 1.82) is 0 Å². The molecular weight excluding hydrogens is 486 g/mol. The summed E-state index contributed by atoms with van der Waals surface area (Å²) in [6.07, 6.45) is 6.04. The van der Waals surface area contributed by atoms with Gasteiger partial charge in [-0.3, -0.25) is 19.0 Å². The molecule has 1 atom stereocenters. The van der Waals surface area contributed by atoms with Gasteiger partial charge in [-0.2, -0.15) is 5.10 Å². The number of rotatable bonds is 10. The van der Waals surface area contributed by atoms with Gasteiger partial charge in [0.1, 0.15) is 11.5 Å². The molecule has 1 unspecified atom stereocenters. The van der Waals surface area contributed by atoms with E-state index < -0.39 is 13.5 Å². The molecule has 4 aromatic heterocycles. The summed E-state index contributed by atoms with van der Waals surface area (Å²) in [5, 5.41) is 11.2. The topological polar surface area (TPSA) is 149 Å². The fourth-order valence-corrected chi connectivity index (χ4v) is 3.44. The van der Waals surface area contributed by atoms with Crippen molar-refractivity contribution in [2.45, 2.75) is 13.5 Å². The summed E-state index contributed by atoms with van der Waals surface area (Å²) in [5.41, 5.74) is 2.02. The van der Waals surface area contributed by atoms with Gasteiger partial charge in [0.15, 0.2) is 5.76 Å². The monoisotopic (exact) mass is 508 g/mol. The Morgan fingerprint density at radius 2 is 2.09 bits per heavy atom. The summed E-state index contributed by atoms with van der Waals surface area (Å²) in [5.74, 6) is -0.133. The van der Waals surface area contributed by atoms with Crippen LogP contribution in [0.1, 0.15) is 17.5 Å². The van der Waals surface area contributed by atoms with Crippen LogP contribution in [-0.2, 0) is 15.8 Å². The average molecular weight is 508 g/mol. The van der Waals surface area contributed by atoms with Crippen molar-refractivity contribution in [2.75, 3.05) is 25.2 Å². The van der Waals surface area contributed by atoms with Crippen LogP contribution in [0.2, 0.25) is 0 Å². The van der Waals surface area contributed by atoms with Gasteiger partial charge in [0, 0.05) is 25.7 Å². The Bertz CT molecular complexity index is 1310. The second-order valence-electron chi connectivity index (χ2n) is 7.17. The van der Waals surface area contributed by atoms with Crippen molar-refractivity contribution < 1.29 is 57.6 Å². The molecule has 0 aliphatic carbocycles.